The van der Waals surface area contributed by atoms with Crippen LogP contribution in [0, 0.1) is 0 Å². The minimum Gasteiger partial charge on any atom is -0.480 e. The number of anilines is 1. The van der Waals surface area contributed by atoms with Crippen molar-refractivity contribution in [2.75, 3.05) is 11.1 Å². The van der Waals surface area contributed by atoms with Gasteiger partial charge in [-0.05, 0) is 19.1 Å². The second kappa shape index (κ2) is 9.23. The Morgan fingerprint density at radius 2 is 1.79 bits per heavy atom. The van der Waals surface area contributed by atoms with E-state index >= 15 is 0 Å². The molecule has 106 valence electrons. The van der Waals surface area contributed by atoms with E-state index in [1.807, 2.05) is 30.3 Å². The van der Waals surface area contributed by atoms with Gasteiger partial charge in [-0.15, -0.1) is 0 Å². The van der Waals surface area contributed by atoms with Crippen LogP contribution in [-0.4, -0.2) is 40.0 Å². The maximum Gasteiger partial charge on any atom is 0.325 e. The average Bonchev–Trinajstić information content (AvgIpc) is 2.39. The topological polar surface area (TPSA) is 113 Å². The van der Waals surface area contributed by atoms with Gasteiger partial charge in [-0.3, -0.25) is 9.59 Å². The molecule has 0 aliphatic rings. The Morgan fingerprint density at radius 1 is 1.26 bits per heavy atom. The van der Waals surface area contributed by atoms with Crippen LogP contribution in [0.3, 0.4) is 0 Å². The van der Waals surface area contributed by atoms with Gasteiger partial charge >= 0.3 is 11.9 Å². The highest BCUT2D eigenvalue weighted by Gasteiger charge is 2.08. The lowest BCUT2D eigenvalue weighted by Crippen LogP contribution is -2.31. The quantitative estimate of drug-likeness (QED) is 0.514. The predicted octanol–water partition coefficient (Wildman–Crippen LogP) is 0.900. The van der Waals surface area contributed by atoms with Crippen LogP contribution in [-0.2, 0) is 9.59 Å². The van der Waals surface area contributed by atoms with E-state index in [9.17, 15) is 9.59 Å². The lowest BCUT2D eigenvalue weighted by molar-refractivity contribution is -0.138. The summed E-state index contributed by atoms with van der Waals surface area (Å²) >= 11 is 3.65. The molecule has 19 heavy (non-hydrogen) atoms. The van der Waals surface area contributed by atoms with Crippen molar-refractivity contribution in [3.05, 3.63) is 30.3 Å². The lowest BCUT2D eigenvalue weighted by Gasteiger charge is -2.09. The Balaban J connectivity index is 0.000000399. The average molecular weight is 286 g/mol. The first kappa shape index (κ1) is 17.3. The Kier molecular flexibility index (Phi) is 8.39. The molecule has 0 heterocycles. The van der Waals surface area contributed by atoms with Crippen molar-refractivity contribution in [3.63, 3.8) is 0 Å². The monoisotopic (exact) mass is 286 g/mol. The molecule has 0 aromatic heterocycles. The standard InChI is InChI=1S/C9H11NO2.C3H7NO2S/c1-7(9(11)12)10-8-5-3-2-4-6-8;4-2(1-7)3(5)6/h2-7,10H,1H3,(H,11,12);2,7H,1,4H2,(H,5,6). The van der Waals surface area contributed by atoms with Crippen molar-refractivity contribution in [2.45, 2.75) is 19.0 Å². The number of thiol groups is 1. The number of hydrogen-bond donors (Lipinski definition) is 5. The second-order valence-corrected chi connectivity index (χ2v) is 4.06. The normalized spacial score (nSPS) is 12.6. The van der Waals surface area contributed by atoms with Crippen molar-refractivity contribution in [1.82, 2.24) is 0 Å². The molecule has 1 aromatic carbocycles. The second-order valence-electron chi connectivity index (χ2n) is 3.70. The smallest absolute Gasteiger partial charge is 0.325 e. The third-order valence-corrected chi connectivity index (χ3v) is 2.43. The molecule has 0 amide bonds. The number of nitrogens with one attached hydrogen (secondary N) is 1. The van der Waals surface area contributed by atoms with E-state index < -0.39 is 24.0 Å². The molecule has 5 N–H and O–H groups in total. The molecule has 6 nitrogen and oxygen atoms in total. The lowest BCUT2D eigenvalue weighted by atomic mass is 10.3. The number of carbonyl (C=O) groups is 2. The number of para-hydroxylation sites is 1. The van der Waals surface area contributed by atoms with Gasteiger partial charge in [0.2, 0.25) is 0 Å². The fraction of sp³-hybridized carbons (Fsp3) is 0.333. The van der Waals surface area contributed by atoms with Crippen LogP contribution in [0.15, 0.2) is 30.3 Å². The molecule has 0 saturated heterocycles. The van der Waals surface area contributed by atoms with Gasteiger partial charge < -0.3 is 21.3 Å². The molecular formula is C12H18N2O4S. The van der Waals surface area contributed by atoms with Crippen molar-refractivity contribution in [1.29, 1.82) is 0 Å². The summed E-state index contributed by atoms with van der Waals surface area (Å²) in [4.78, 5) is 20.2. The molecule has 0 fully saturated rings. The maximum atomic E-state index is 10.4. The predicted molar refractivity (Wildman–Crippen MR) is 76.6 cm³/mol. The number of benzene rings is 1. The van der Waals surface area contributed by atoms with Crippen molar-refractivity contribution >= 4 is 30.3 Å². The zero-order valence-electron chi connectivity index (χ0n) is 10.5. The first-order chi connectivity index (χ1) is 8.88. The van der Waals surface area contributed by atoms with Crippen LogP contribution in [0.25, 0.3) is 0 Å². The van der Waals surface area contributed by atoms with Gasteiger partial charge in [0.25, 0.3) is 0 Å². The number of nitrogens with two attached hydrogens (primary N) is 1. The summed E-state index contributed by atoms with van der Waals surface area (Å²) in [5.41, 5.74) is 5.77. The van der Waals surface area contributed by atoms with Crippen molar-refractivity contribution in [2.24, 2.45) is 5.73 Å². The van der Waals surface area contributed by atoms with Crippen LogP contribution in [0.4, 0.5) is 5.69 Å². The van der Waals surface area contributed by atoms with E-state index in [1.54, 1.807) is 6.92 Å². The molecule has 0 radical (unpaired) electrons. The highest BCUT2D eigenvalue weighted by molar-refractivity contribution is 7.80. The minimum atomic E-state index is -1.00. The SMILES string of the molecule is CC(Nc1ccccc1)C(=O)O.NC(CS)C(=O)O. The molecule has 2 atom stereocenters. The van der Waals surface area contributed by atoms with E-state index in [1.165, 1.54) is 0 Å². The zero-order chi connectivity index (χ0) is 14.8. The summed E-state index contributed by atoms with van der Waals surface area (Å²) in [6.07, 6.45) is 0. The number of hydrogen-bond acceptors (Lipinski definition) is 5. The van der Waals surface area contributed by atoms with Gasteiger partial charge in [-0.25, -0.2) is 0 Å². The van der Waals surface area contributed by atoms with Gasteiger partial charge in [0.1, 0.15) is 12.1 Å². The summed E-state index contributed by atoms with van der Waals surface area (Å²) < 4.78 is 0. The number of aliphatic carboxylic acids is 2. The molecule has 0 aliphatic carbocycles. The van der Waals surface area contributed by atoms with Gasteiger partial charge in [0, 0.05) is 11.4 Å². The van der Waals surface area contributed by atoms with Gasteiger partial charge in [0.05, 0.1) is 0 Å². The molecule has 7 heteroatoms. The Morgan fingerprint density at radius 3 is 2.11 bits per heavy atom. The van der Waals surface area contributed by atoms with Crippen LogP contribution in [0.2, 0.25) is 0 Å². The van der Waals surface area contributed by atoms with E-state index in [4.69, 9.17) is 15.9 Å². The summed E-state index contributed by atoms with van der Waals surface area (Å²) in [7, 11) is 0. The highest BCUT2D eigenvalue weighted by Crippen LogP contribution is 2.06. The molecular weight excluding hydrogens is 268 g/mol. The van der Waals surface area contributed by atoms with E-state index in [-0.39, 0.29) is 5.75 Å². The van der Waals surface area contributed by atoms with E-state index in [0.29, 0.717) is 0 Å². The molecule has 1 rings (SSSR count). The number of rotatable bonds is 5. The Bertz CT molecular complexity index is 400. The van der Waals surface area contributed by atoms with Crippen molar-refractivity contribution < 1.29 is 19.8 Å². The van der Waals surface area contributed by atoms with Gasteiger partial charge in [0.15, 0.2) is 0 Å². The first-order valence-electron chi connectivity index (χ1n) is 5.52. The third-order valence-electron chi connectivity index (χ3n) is 2.04. The van der Waals surface area contributed by atoms with Gasteiger partial charge in [-0.2, -0.15) is 12.6 Å². The number of carboxylic acid groups (broad SMARTS) is 2. The summed E-state index contributed by atoms with van der Waals surface area (Å²) in [6.45, 7) is 1.61. The highest BCUT2D eigenvalue weighted by atomic mass is 32.1. The fourth-order valence-corrected chi connectivity index (χ4v) is 1.08. The Labute approximate surface area is 117 Å². The maximum absolute atomic E-state index is 10.4. The fourth-order valence-electron chi connectivity index (χ4n) is 0.924. The molecule has 0 spiro atoms. The van der Waals surface area contributed by atoms with Crippen LogP contribution in [0.5, 0.6) is 0 Å². The molecule has 0 bridgehead atoms. The zero-order valence-corrected chi connectivity index (χ0v) is 11.4. The summed E-state index contributed by atoms with van der Waals surface area (Å²) in [6, 6.07) is 7.90. The molecule has 2 unspecified atom stereocenters. The summed E-state index contributed by atoms with van der Waals surface area (Å²) in [5.74, 6) is -1.66. The largest absolute Gasteiger partial charge is 0.480 e. The van der Waals surface area contributed by atoms with Crippen LogP contribution < -0.4 is 11.1 Å². The first-order valence-corrected chi connectivity index (χ1v) is 6.15. The minimum absolute atomic E-state index is 0.190. The third kappa shape index (κ3) is 8.06. The van der Waals surface area contributed by atoms with E-state index in [0.717, 1.165) is 5.69 Å². The van der Waals surface area contributed by atoms with E-state index in [2.05, 4.69) is 17.9 Å². The Hall–Kier alpha value is -1.73. The number of carboxylic acids is 2. The van der Waals surface area contributed by atoms with Crippen LogP contribution in [0.1, 0.15) is 6.92 Å². The van der Waals surface area contributed by atoms with Crippen LogP contribution >= 0.6 is 12.6 Å². The molecule has 0 saturated carbocycles. The molecule has 1 aromatic rings. The summed E-state index contributed by atoms with van der Waals surface area (Å²) in [5, 5.41) is 19.4. The van der Waals surface area contributed by atoms with Crippen molar-refractivity contribution in [3.8, 4) is 0 Å². The molecule has 0 aliphatic heterocycles. The van der Waals surface area contributed by atoms with Gasteiger partial charge in [-0.1, -0.05) is 18.2 Å².